The van der Waals surface area contributed by atoms with E-state index in [0.29, 0.717) is 6.61 Å². The van der Waals surface area contributed by atoms with Gasteiger partial charge in [-0.1, -0.05) is 0 Å². The van der Waals surface area contributed by atoms with Gasteiger partial charge in [-0.2, -0.15) is 0 Å². The van der Waals surface area contributed by atoms with Crippen molar-refractivity contribution in [2.45, 2.75) is 13.6 Å². The maximum absolute atomic E-state index is 12.4. The minimum atomic E-state index is -0.829. The van der Waals surface area contributed by atoms with Crippen LogP contribution in [0.3, 0.4) is 0 Å². The van der Waals surface area contributed by atoms with E-state index in [1.165, 1.54) is 0 Å². The van der Waals surface area contributed by atoms with Gasteiger partial charge in [-0.05, 0) is 6.92 Å². The molecule has 0 aromatic carbocycles. The van der Waals surface area contributed by atoms with Gasteiger partial charge in [-0.3, -0.25) is 10.1 Å². The van der Waals surface area contributed by atoms with Gasteiger partial charge in [-0.15, -0.1) is 0 Å². The number of ether oxygens (including phenoxy) is 1. The summed E-state index contributed by atoms with van der Waals surface area (Å²) in [6.07, 6.45) is 1.05. The van der Waals surface area contributed by atoms with Crippen LogP contribution in [0.5, 0.6) is 5.88 Å². The van der Waals surface area contributed by atoms with Gasteiger partial charge in [0.2, 0.25) is 5.88 Å². The summed E-state index contributed by atoms with van der Waals surface area (Å²) in [5, 5.41) is 10.3. The summed E-state index contributed by atoms with van der Waals surface area (Å²) in [5.74, 6) is 0.112. The number of nitro groups is 1. The Morgan fingerprint density at radius 3 is 2.93 bits per heavy atom. The van der Waals surface area contributed by atoms with Gasteiger partial charge in [-0.25, -0.2) is 9.37 Å². The first kappa shape index (κ1) is 10.4. The number of rotatable bonds is 4. The first-order valence-electron chi connectivity index (χ1n) is 4.01. The van der Waals surface area contributed by atoms with E-state index in [9.17, 15) is 14.5 Å². The van der Waals surface area contributed by atoms with E-state index in [4.69, 9.17) is 4.74 Å². The second-order valence-electron chi connectivity index (χ2n) is 2.48. The predicted molar refractivity (Wildman–Crippen MR) is 46.9 cm³/mol. The molecular formula is C8H9FN2O3. The van der Waals surface area contributed by atoms with E-state index >= 15 is 0 Å². The van der Waals surface area contributed by atoms with Gasteiger partial charge in [0, 0.05) is 6.07 Å². The molecule has 0 aliphatic carbocycles. The maximum atomic E-state index is 12.4. The molecule has 0 fully saturated rings. The molecule has 0 spiro atoms. The molecule has 0 radical (unpaired) electrons. The van der Waals surface area contributed by atoms with E-state index in [1.54, 1.807) is 6.92 Å². The van der Waals surface area contributed by atoms with Crippen molar-refractivity contribution in [3.05, 3.63) is 27.9 Å². The molecule has 0 atom stereocenters. The Labute approximate surface area is 79.7 Å². The second-order valence-corrected chi connectivity index (χ2v) is 2.48. The van der Waals surface area contributed by atoms with E-state index in [-0.39, 0.29) is 17.1 Å². The summed E-state index contributed by atoms with van der Waals surface area (Å²) >= 11 is 0. The third-order valence-corrected chi connectivity index (χ3v) is 1.55. The van der Waals surface area contributed by atoms with Crippen molar-refractivity contribution in [1.29, 1.82) is 0 Å². The van der Waals surface area contributed by atoms with Crippen LogP contribution in [0.4, 0.5) is 10.1 Å². The van der Waals surface area contributed by atoms with Crippen molar-refractivity contribution >= 4 is 5.69 Å². The highest BCUT2D eigenvalue weighted by atomic mass is 19.1. The van der Waals surface area contributed by atoms with Crippen molar-refractivity contribution in [1.82, 2.24) is 4.98 Å². The standard InChI is InChI=1S/C8H9FN2O3/c1-2-14-8-6(4-9)3-7(5-10-8)11(12)13/h3,5H,2,4H2,1H3. The molecule has 6 heteroatoms. The van der Waals surface area contributed by atoms with Crippen LogP contribution in [0.25, 0.3) is 0 Å². The number of hydrogen-bond acceptors (Lipinski definition) is 4. The second kappa shape index (κ2) is 4.50. The van der Waals surface area contributed by atoms with Gasteiger partial charge < -0.3 is 4.74 Å². The minimum absolute atomic E-state index is 0.0982. The molecule has 14 heavy (non-hydrogen) atoms. The molecule has 0 aliphatic heterocycles. The quantitative estimate of drug-likeness (QED) is 0.549. The molecule has 1 aromatic rings. The lowest BCUT2D eigenvalue weighted by atomic mass is 10.3. The van der Waals surface area contributed by atoms with E-state index in [1.807, 2.05) is 0 Å². The number of halogens is 1. The topological polar surface area (TPSA) is 65.3 Å². The Morgan fingerprint density at radius 1 is 1.71 bits per heavy atom. The van der Waals surface area contributed by atoms with E-state index in [2.05, 4.69) is 4.98 Å². The fourth-order valence-corrected chi connectivity index (χ4v) is 0.947. The zero-order valence-electron chi connectivity index (χ0n) is 7.57. The summed E-state index contributed by atoms with van der Waals surface area (Å²) in [7, 11) is 0. The summed E-state index contributed by atoms with van der Waals surface area (Å²) in [6, 6.07) is 1.12. The summed E-state index contributed by atoms with van der Waals surface area (Å²) < 4.78 is 17.4. The third-order valence-electron chi connectivity index (χ3n) is 1.55. The molecule has 0 aliphatic rings. The Bertz CT molecular complexity index is 343. The monoisotopic (exact) mass is 200 g/mol. The Balaban J connectivity index is 3.04. The van der Waals surface area contributed by atoms with Gasteiger partial charge >= 0.3 is 0 Å². The van der Waals surface area contributed by atoms with Crippen LogP contribution in [0.15, 0.2) is 12.3 Å². The Hall–Kier alpha value is -1.72. The SMILES string of the molecule is CCOc1ncc([N+](=O)[O-])cc1CF. The van der Waals surface area contributed by atoms with Crippen LogP contribution in [0.1, 0.15) is 12.5 Å². The molecule has 5 nitrogen and oxygen atoms in total. The van der Waals surface area contributed by atoms with Gasteiger partial charge in [0.15, 0.2) is 0 Å². The van der Waals surface area contributed by atoms with Gasteiger partial charge in [0.1, 0.15) is 12.9 Å². The smallest absolute Gasteiger partial charge is 0.288 e. The number of pyridine rings is 1. The maximum Gasteiger partial charge on any atom is 0.288 e. The van der Waals surface area contributed by atoms with Gasteiger partial charge in [0.05, 0.1) is 17.1 Å². The molecule has 0 saturated heterocycles. The Morgan fingerprint density at radius 2 is 2.43 bits per heavy atom. The fraction of sp³-hybridized carbons (Fsp3) is 0.375. The summed E-state index contributed by atoms with van der Waals surface area (Å²) in [4.78, 5) is 13.4. The van der Waals surface area contributed by atoms with Crippen molar-refractivity contribution in [3.63, 3.8) is 0 Å². The lowest BCUT2D eigenvalue weighted by Gasteiger charge is -2.04. The average molecular weight is 200 g/mol. The van der Waals surface area contributed by atoms with Crippen LogP contribution in [0, 0.1) is 10.1 Å². The molecule has 0 saturated carbocycles. The molecule has 1 rings (SSSR count). The van der Waals surface area contributed by atoms with Crippen LogP contribution >= 0.6 is 0 Å². The van der Waals surface area contributed by atoms with E-state index < -0.39 is 11.6 Å². The summed E-state index contributed by atoms with van der Waals surface area (Å²) in [6.45, 7) is 1.24. The molecule has 1 heterocycles. The largest absolute Gasteiger partial charge is 0.478 e. The molecule has 0 N–H and O–H groups in total. The third kappa shape index (κ3) is 2.15. The first-order valence-corrected chi connectivity index (χ1v) is 4.01. The van der Waals surface area contributed by atoms with E-state index in [0.717, 1.165) is 12.3 Å². The lowest BCUT2D eigenvalue weighted by molar-refractivity contribution is -0.385. The number of nitrogens with zero attached hydrogens (tertiary/aromatic N) is 2. The highest BCUT2D eigenvalue weighted by Gasteiger charge is 2.12. The number of aromatic nitrogens is 1. The van der Waals surface area contributed by atoms with Gasteiger partial charge in [0.25, 0.3) is 5.69 Å². The first-order chi connectivity index (χ1) is 6.69. The van der Waals surface area contributed by atoms with Crippen molar-refractivity contribution in [2.75, 3.05) is 6.61 Å². The molecular weight excluding hydrogens is 191 g/mol. The zero-order valence-corrected chi connectivity index (χ0v) is 7.57. The highest BCUT2D eigenvalue weighted by Crippen LogP contribution is 2.21. The Kier molecular flexibility index (Phi) is 3.33. The normalized spacial score (nSPS) is 9.86. The molecule has 0 amide bonds. The average Bonchev–Trinajstić information content (AvgIpc) is 2.18. The number of alkyl halides is 1. The molecule has 76 valence electrons. The lowest BCUT2D eigenvalue weighted by Crippen LogP contribution is -2.00. The van der Waals surface area contributed by atoms with Crippen molar-refractivity contribution in [2.24, 2.45) is 0 Å². The van der Waals surface area contributed by atoms with Crippen LogP contribution in [-0.2, 0) is 6.67 Å². The molecule has 0 bridgehead atoms. The minimum Gasteiger partial charge on any atom is -0.478 e. The van der Waals surface area contributed by atoms with Crippen LogP contribution in [0.2, 0.25) is 0 Å². The van der Waals surface area contributed by atoms with Crippen LogP contribution < -0.4 is 4.74 Å². The fourth-order valence-electron chi connectivity index (χ4n) is 0.947. The van der Waals surface area contributed by atoms with Crippen LogP contribution in [-0.4, -0.2) is 16.5 Å². The molecule has 0 unspecified atom stereocenters. The van der Waals surface area contributed by atoms with Crippen molar-refractivity contribution in [3.8, 4) is 5.88 Å². The molecule has 1 aromatic heterocycles. The predicted octanol–water partition coefficient (Wildman–Crippen LogP) is 1.86. The number of hydrogen-bond donors (Lipinski definition) is 0. The highest BCUT2D eigenvalue weighted by molar-refractivity contribution is 5.37. The van der Waals surface area contributed by atoms with Crippen molar-refractivity contribution < 1.29 is 14.1 Å². The summed E-state index contributed by atoms with van der Waals surface area (Å²) in [5.41, 5.74) is -0.137. The zero-order chi connectivity index (χ0) is 10.6.